The number of nitrogens with one attached hydrogen (secondary N) is 1. The largest absolute Gasteiger partial charge is 0.372 e. The third-order valence-corrected chi connectivity index (χ3v) is 3.01. The van der Waals surface area contributed by atoms with E-state index in [0.29, 0.717) is 11.6 Å². The van der Waals surface area contributed by atoms with E-state index >= 15 is 0 Å². The van der Waals surface area contributed by atoms with Crippen molar-refractivity contribution in [1.29, 1.82) is 0 Å². The molecule has 0 aromatic heterocycles. The summed E-state index contributed by atoms with van der Waals surface area (Å²) in [7, 11) is 1.80. The molecule has 1 aliphatic heterocycles. The van der Waals surface area contributed by atoms with E-state index in [1.807, 2.05) is 0 Å². The van der Waals surface area contributed by atoms with Gasteiger partial charge in [0.2, 0.25) is 0 Å². The summed E-state index contributed by atoms with van der Waals surface area (Å²) in [6.45, 7) is 2.73. The molecule has 16 heavy (non-hydrogen) atoms. The molecule has 0 radical (unpaired) electrons. The molecule has 4 heteroatoms. The van der Waals surface area contributed by atoms with Crippen molar-refractivity contribution in [2.45, 2.75) is 6.42 Å². The molecule has 1 aromatic rings. The maximum atomic E-state index is 13.5. The Hall–Kier alpha value is -1.16. The minimum absolute atomic E-state index is 0.340. The van der Waals surface area contributed by atoms with Crippen LogP contribution in [0.25, 0.3) is 0 Å². The van der Waals surface area contributed by atoms with Gasteiger partial charge in [0.25, 0.3) is 0 Å². The van der Waals surface area contributed by atoms with Gasteiger partial charge in [0.05, 0.1) is 5.69 Å². The van der Waals surface area contributed by atoms with E-state index in [-0.39, 0.29) is 5.82 Å². The van der Waals surface area contributed by atoms with Gasteiger partial charge in [0.15, 0.2) is 0 Å². The maximum absolute atomic E-state index is 13.5. The Balaban J connectivity index is 2.07. The highest BCUT2D eigenvalue weighted by molar-refractivity contribution is 5.47. The number of halogens is 2. The minimum atomic E-state index is -0.396. The van der Waals surface area contributed by atoms with Crippen LogP contribution in [-0.4, -0.2) is 26.7 Å². The van der Waals surface area contributed by atoms with Crippen molar-refractivity contribution < 1.29 is 8.78 Å². The molecule has 0 spiro atoms. The summed E-state index contributed by atoms with van der Waals surface area (Å²) >= 11 is 0. The SMILES string of the molecule is CN(CC1CCNC1)c1cc(F)ccc1F. The van der Waals surface area contributed by atoms with Crippen molar-refractivity contribution in [3.05, 3.63) is 29.8 Å². The fourth-order valence-corrected chi connectivity index (χ4v) is 2.13. The smallest absolute Gasteiger partial charge is 0.146 e. The number of rotatable bonds is 3. The molecule has 1 aromatic carbocycles. The number of hydrogen-bond donors (Lipinski definition) is 1. The average Bonchev–Trinajstić information content (AvgIpc) is 2.74. The highest BCUT2D eigenvalue weighted by Gasteiger charge is 2.18. The third kappa shape index (κ3) is 2.50. The predicted octanol–water partition coefficient (Wildman–Crippen LogP) is 2.01. The first-order valence-electron chi connectivity index (χ1n) is 5.53. The molecule has 1 fully saturated rings. The molecule has 2 rings (SSSR count). The summed E-state index contributed by atoms with van der Waals surface area (Å²) in [6.07, 6.45) is 1.10. The molecule has 1 heterocycles. The fourth-order valence-electron chi connectivity index (χ4n) is 2.13. The van der Waals surface area contributed by atoms with E-state index in [4.69, 9.17) is 0 Å². The molecular weight excluding hydrogens is 210 g/mol. The van der Waals surface area contributed by atoms with Gasteiger partial charge < -0.3 is 10.2 Å². The Kier molecular flexibility index (Phi) is 3.39. The second-order valence-corrected chi connectivity index (χ2v) is 4.34. The lowest BCUT2D eigenvalue weighted by Crippen LogP contribution is -2.27. The molecule has 0 amide bonds. The van der Waals surface area contributed by atoms with Gasteiger partial charge in [0, 0.05) is 19.7 Å². The topological polar surface area (TPSA) is 15.3 Å². The van der Waals surface area contributed by atoms with Gasteiger partial charge in [-0.05, 0) is 37.6 Å². The van der Waals surface area contributed by atoms with E-state index in [1.165, 1.54) is 12.1 Å². The first-order valence-corrected chi connectivity index (χ1v) is 5.53. The summed E-state index contributed by atoms with van der Waals surface area (Å²) in [5, 5.41) is 3.26. The van der Waals surface area contributed by atoms with Crippen molar-refractivity contribution in [1.82, 2.24) is 5.32 Å². The number of nitrogens with zero attached hydrogens (tertiary/aromatic N) is 1. The average molecular weight is 226 g/mol. The molecule has 0 aliphatic carbocycles. The van der Waals surface area contributed by atoms with Crippen LogP contribution in [0.2, 0.25) is 0 Å². The van der Waals surface area contributed by atoms with E-state index in [0.717, 1.165) is 32.1 Å². The monoisotopic (exact) mass is 226 g/mol. The highest BCUT2D eigenvalue weighted by atomic mass is 19.1. The van der Waals surface area contributed by atoms with Gasteiger partial charge in [-0.25, -0.2) is 8.78 Å². The van der Waals surface area contributed by atoms with E-state index in [2.05, 4.69) is 5.32 Å². The molecule has 0 bridgehead atoms. The lowest BCUT2D eigenvalue weighted by molar-refractivity contribution is 0.559. The minimum Gasteiger partial charge on any atom is -0.372 e. The summed E-state index contributed by atoms with van der Waals surface area (Å²) in [5.74, 6) is -0.240. The second-order valence-electron chi connectivity index (χ2n) is 4.34. The molecule has 1 unspecified atom stereocenters. The molecule has 0 saturated carbocycles. The van der Waals surface area contributed by atoms with Crippen LogP contribution in [0.1, 0.15) is 6.42 Å². The maximum Gasteiger partial charge on any atom is 0.146 e. The van der Waals surface area contributed by atoms with Crippen molar-refractivity contribution in [3.8, 4) is 0 Å². The quantitative estimate of drug-likeness (QED) is 0.848. The van der Waals surface area contributed by atoms with Crippen LogP contribution in [0.3, 0.4) is 0 Å². The van der Waals surface area contributed by atoms with Gasteiger partial charge in [-0.2, -0.15) is 0 Å². The Bertz CT molecular complexity index is 362. The molecule has 1 N–H and O–H groups in total. The zero-order chi connectivity index (χ0) is 11.5. The van der Waals surface area contributed by atoms with Crippen LogP contribution in [0.4, 0.5) is 14.5 Å². The Labute approximate surface area is 94.3 Å². The van der Waals surface area contributed by atoms with E-state index < -0.39 is 5.82 Å². The molecule has 1 aliphatic rings. The van der Waals surface area contributed by atoms with Gasteiger partial charge >= 0.3 is 0 Å². The van der Waals surface area contributed by atoms with Crippen LogP contribution in [0, 0.1) is 17.6 Å². The highest BCUT2D eigenvalue weighted by Crippen LogP contribution is 2.21. The zero-order valence-corrected chi connectivity index (χ0v) is 9.34. The predicted molar refractivity (Wildman–Crippen MR) is 60.6 cm³/mol. The summed E-state index contributed by atoms with van der Waals surface area (Å²) in [6, 6.07) is 3.57. The van der Waals surface area contributed by atoms with Crippen LogP contribution >= 0.6 is 0 Å². The van der Waals surface area contributed by atoms with E-state index in [1.54, 1.807) is 11.9 Å². The van der Waals surface area contributed by atoms with Crippen LogP contribution in [0.5, 0.6) is 0 Å². The van der Waals surface area contributed by atoms with Crippen LogP contribution in [0.15, 0.2) is 18.2 Å². The third-order valence-electron chi connectivity index (χ3n) is 3.01. The fraction of sp³-hybridized carbons (Fsp3) is 0.500. The standard InChI is InChI=1S/C12H16F2N2/c1-16(8-9-4-5-15-7-9)12-6-10(13)2-3-11(12)14/h2-3,6,9,15H,4-5,7-8H2,1H3. The Morgan fingerprint density at radius 3 is 2.94 bits per heavy atom. The molecule has 1 atom stereocenters. The lowest BCUT2D eigenvalue weighted by Gasteiger charge is -2.23. The summed E-state index contributed by atoms with van der Waals surface area (Å²) in [5.41, 5.74) is 0.340. The van der Waals surface area contributed by atoms with Crippen molar-refractivity contribution in [2.75, 3.05) is 31.6 Å². The lowest BCUT2D eigenvalue weighted by atomic mass is 10.1. The second kappa shape index (κ2) is 4.78. The molecule has 2 nitrogen and oxygen atoms in total. The molecule has 88 valence electrons. The van der Waals surface area contributed by atoms with Gasteiger partial charge in [-0.1, -0.05) is 0 Å². The van der Waals surface area contributed by atoms with Crippen molar-refractivity contribution >= 4 is 5.69 Å². The molecular formula is C12H16F2N2. The summed E-state index contributed by atoms with van der Waals surface area (Å²) < 4.78 is 26.5. The molecule has 1 saturated heterocycles. The Morgan fingerprint density at radius 2 is 2.25 bits per heavy atom. The number of benzene rings is 1. The van der Waals surface area contributed by atoms with Crippen LogP contribution in [-0.2, 0) is 0 Å². The first kappa shape index (κ1) is 11.3. The van der Waals surface area contributed by atoms with Crippen molar-refractivity contribution in [3.63, 3.8) is 0 Å². The van der Waals surface area contributed by atoms with E-state index in [9.17, 15) is 8.78 Å². The van der Waals surface area contributed by atoms with Gasteiger partial charge in [-0.3, -0.25) is 0 Å². The van der Waals surface area contributed by atoms with Gasteiger partial charge in [-0.15, -0.1) is 0 Å². The first-order chi connectivity index (χ1) is 7.66. The van der Waals surface area contributed by atoms with Crippen molar-refractivity contribution in [2.24, 2.45) is 5.92 Å². The van der Waals surface area contributed by atoms with Crippen LogP contribution < -0.4 is 10.2 Å². The number of anilines is 1. The van der Waals surface area contributed by atoms with Gasteiger partial charge in [0.1, 0.15) is 11.6 Å². The Morgan fingerprint density at radius 1 is 1.44 bits per heavy atom. The number of hydrogen-bond acceptors (Lipinski definition) is 2. The normalized spacial score (nSPS) is 20.1. The zero-order valence-electron chi connectivity index (χ0n) is 9.34. The summed E-state index contributed by atoms with van der Waals surface area (Å²) in [4.78, 5) is 1.79.